The second-order valence-corrected chi connectivity index (χ2v) is 6.16. The van der Waals surface area contributed by atoms with Crippen LogP contribution in [0.3, 0.4) is 0 Å². The van der Waals surface area contributed by atoms with E-state index in [4.69, 9.17) is 4.74 Å². The molecule has 0 bridgehead atoms. The molecule has 3 rings (SSSR count). The first-order chi connectivity index (χ1) is 12.8. The normalized spacial score (nSPS) is 15.9. The van der Waals surface area contributed by atoms with Gasteiger partial charge in [-0.15, -0.1) is 0 Å². The number of amides is 4. The average molecular weight is 366 g/mol. The molecule has 1 heterocycles. The van der Waals surface area contributed by atoms with E-state index in [2.05, 4.69) is 5.32 Å². The van der Waals surface area contributed by atoms with Crippen LogP contribution in [0.15, 0.2) is 42.0 Å². The molecule has 2 aromatic rings. The predicted octanol–water partition coefficient (Wildman–Crippen LogP) is 2.68. The van der Waals surface area contributed by atoms with Crippen LogP contribution in [-0.2, 0) is 9.59 Å². The fraction of sp³-hybridized carbons (Fsp3) is 0.150. The van der Waals surface area contributed by atoms with Gasteiger partial charge in [0.2, 0.25) is 0 Å². The second-order valence-electron chi connectivity index (χ2n) is 6.16. The largest absolute Gasteiger partial charge is 0.504 e. The van der Waals surface area contributed by atoms with Gasteiger partial charge in [0.05, 0.1) is 12.8 Å². The van der Waals surface area contributed by atoms with E-state index in [1.54, 1.807) is 18.2 Å². The lowest BCUT2D eigenvalue weighted by Gasteiger charge is -2.26. The van der Waals surface area contributed by atoms with Crippen LogP contribution in [0.25, 0.3) is 6.08 Å². The zero-order valence-electron chi connectivity index (χ0n) is 15.1. The molecule has 0 radical (unpaired) electrons. The van der Waals surface area contributed by atoms with Crippen LogP contribution < -0.4 is 15.0 Å². The Bertz CT molecular complexity index is 994. The first-order valence-corrected chi connectivity index (χ1v) is 8.17. The van der Waals surface area contributed by atoms with Crippen molar-refractivity contribution < 1.29 is 24.2 Å². The molecule has 0 unspecified atom stereocenters. The molecule has 7 nitrogen and oxygen atoms in total. The molecule has 0 atom stereocenters. The number of carbonyl (C=O) groups is 3. The van der Waals surface area contributed by atoms with Crippen LogP contribution >= 0.6 is 0 Å². The van der Waals surface area contributed by atoms with Crippen LogP contribution in [0.2, 0.25) is 0 Å². The fourth-order valence-corrected chi connectivity index (χ4v) is 2.71. The number of imide groups is 2. The fourth-order valence-electron chi connectivity index (χ4n) is 2.71. The highest BCUT2D eigenvalue weighted by molar-refractivity contribution is 6.39. The van der Waals surface area contributed by atoms with Crippen LogP contribution in [0.4, 0.5) is 10.5 Å². The highest BCUT2D eigenvalue weighted by Gasteiger charge is 2.36. The highest BCUT2D eigenvalue weighted by atomic mass is 16.5. The van der Waals surface area contributed by atoms with Crippen molar-refractivity contribution in [3.05, 3.63) is 58.7 Å². The SMILES string of the molecule is COc1cc(C=C2C(=O)NC(=O)N(c3ccc(C)c(C)c3)C2=O)ccc1O. The number of methoxy groups -OCH3 is 1. The molecule has 0 aromatic heterocycles. The summed E-state index contributed by atoms with van der Waals surface area (Å²) >= 11 is 0. The standard InChI is InChI=1S/C20H18N2O5/c1-11-4-6-14(8-12(11)2)22-19(25)15(18(24)21-20(22)26)9-13-5-7-16(23)17(10-13)27-3/h4-10,23H,1-3H3,(H,21,24,26). The summed E-state index contributed by atoms with van der Waals surface area (Å²) in [5, 5.41) is 11.9. The van der Waals surface area contributed by atoms with Crippen molar-refractivity contribution in [2.75, 3.05) is 12.0 Å². The van der Waals surface area contributed by atoms with Crippen LogP contribution in [-0.4, -0.2) is 30.1 Å². The third-order valence-electron chi connectivity index (χ3n) is 4.37. The number of rotatable bonds is 3. The number of benzene rings is 2. The lowest BCUT2D eigenvalue weighted by atomic mass is 10.0. The van der Waals surface area contributed by atoms with E-state index in [1.165, 1.54) is 31.4 Å². The summed E-state index contributed by atoms with van der Waals surface area (Å²) < 4.78 is 5.03. The topological polar surface area (TPSA) is 95.9 Å². The van der Waals surface area contributed by atoms with Crippen molar-refractivity contribution in [1.82, 2.24) is 5.32 Å². The third-order valence-corrected chi connectivity index (χ3v) is 4.37. The van der Waals surface area contributed by atoms with Crippen molar-refractivity contribution >= 4 is 29.6 Å². The lowest BCUT2D eigenvalue weighted by molar-refractivity contribution is -0.122. The van der Waals surface area contributed by atoms with Crippen LogP contribution in [0, 0.1) is 13.8 Å². The Labute approximate surface area is 155 Å². The summed E-state index contributed by atoms with van der Waals surface area (Å²) in [4.78, 5) is 38.3. The Hall–Kier alpha value is -3.61. The molecule has 7 heteroatoms. The average Bonchev–Trinajstić information content (AvgIpc) is 2.62. The first kappa shape index (κ1) is 18.2. The van der Waals surface area contributed by atoms with Crippen molar-refractivity contribution in [3.63, 3.8) is 0 Å². The van der Waals surface area contributed by atoms with Gasteiger partial charge in [-0.2, -0.15) is 0 Å². The summed E-state index contributed by atoms with van der Waals surface area (Å²) in [5.41, 5.74) is 2.59. The van der Waals surface area contributed by atoms with Crippen LogP contribution in [0.1, 0.15) is 16.7 Å². The predicted molar refractivity (Wildman–Crippen MR) is 99.6 cm³/mol. The van der Waals surface area contributed by atoms with E-state index in [9.17, 15) is 19.5 Å². The molecule has 4 amide bonds. The number of phenolic OH excluding ortho intramolecular Hbond substituents is 1. The molecule has 1 aliphatic rings. The van der Waals surface area contributed by atoms with Crippen LogP contribution in [0.5, 0.6) is 11.5 Å². The highest BCUT2D eigenvalue weighted by Crippen LogP contribution is 2.28. The van der Waals surface area contributed by atoms with Gasteiger partial charge in [-0.25, -0.2) is 9.69 Å². The van der Waals surface area contributed by atoms with E-state index in [0.717, 1.165) is 16.0 Å². The number of anilines is 1. The number of nitrogens with zero attached hydrogens (tertiary/aromatic N) is 1. The quantitative estimate of drug-likeness (QED) is 0.643. The van der Waals surface area contributed by atoms with Gasteiger partial charge in [0.15, 0.2) is 11.5 Å². The number of carbonyl (C=O) groups excluding carboxylic acids is 3. The number of phenols is 1. The second kappa shape index (κ2) is 6.95. The van der Waals surface area contributed by atoms with Gasteiger partial charge < -0.3 is 9.84 Å². The Morgan fingerprint density at radius 2 is 1.78 bits per heavy atom. The first-order valence-electron chi connectivity index (χ1n) is 8.17. The molecule has 2 N–H and O–H groups in total. The summed E-state index contributed by atoms with van der Waals surface area (Å²) in [5.74, 6) is -1.36. The number of aryl methyl sites for hydroxylation is 2. The molecular weight excluding hydrogens is 348 g/mol. The third kappa shape index (κ3) is 3.39. The summed E-state index contributed by atoms with van der Waals surface area (Å²) in [7, 11) is 1.39. The zero-order chi connectivity index (χ0) is 19.7. The van der Waals surface area contributed by atoms with Gasteiger partial charge in [0.1, 0.15) is 5.57 Å². The number of nitrogens with one attached hydrogen (secondary N) is 1. The van der Waals surface area contributed by atoms with E-state index < -0.39 is 17.8 Å². The minimum Gasteiger partial charge on any atom is -0.504 e. The number of aromatic hydroxyl groups is 1. The van der Waals surface area contributed by atoms with E-state index in [0.29, 0.717) is 11.3 Å². The van der Waals surface area contributed by atoms with E-state index >= 15 is 0 Å². The summed E-state index contributed by atoms with van der Waals surface area (Å²) in [6.07, 6.45) is 1.35. The Morgan fingerprint density at radius 3 is 2.44 bits per heavy atom. The molecule has 2 aromatic carbocycles. The maximum atomic E-state index is 12.9. The monoisotopic (exact) mass is 366 g/mol. The van der Waals surface area contributed by atoms with Crippen molar-refractivity contribution in [1.29, 1.82) is 0 Å². The minimum absolute atomic E-state index is 0.0639. The van der Waals surface area contributed by atoms with Gasteiger partial charge in [-0.1, -0.05) is 12.1 Å². The maximum Gasteiger partial charge on any atom is 0.335 e. The lowest BCUT2D eigenvalue weighted by Crippen LogP contribution is -2.54. The molecule has 0 aliphatic carbocycles. The molecule has 0 saturated carbocycles. The number of ether oxygens (including phenoxy) is 1. The smallest absolute Gasteiger partial charge is 0.335 e. The molecular formula is C20H18N2O5. The zero-order valence-corrected chi connectivity index (χ0v) is 15.1. The van der Waals surface area contributed by atoms with Gasteiger partial charge in [0, 0.05) is 0 Å². The van der Waals surface area contributed by atoms with Gasteiger partial charge in [-0.3, -0.25) is 14.9 Å². The van der Waals surface area contributed by atoms with Crippen molar-refractivity contribution in [2.24, 2.45) is 0 Å². The van der Waals surface area contributed by atoms with Crippen molar-refractivity contribution in [2.45, 2.75) is 13.8 Å². The number of hydrogen-bond acceptors (Lipinski definition) is 5. The van der Waals surface area contributed by atoms with E-state index in [1.807, 2.05) is 13.8 Å². The molecule has 1 saturated heterocycles. The number of urea groups is 1. The molecule has 0 spiro atoms. The Kier molecular flexibility index (Phi) is 4.68. The van der Waals surface area contributed by atoms with Gasteiger partial charge in [0.25, 0.3) is 11.8 Å². The summed E-state index contributed by atoms with van der Waals surface area (Å²) in [6.45, 7) is 3.79. The maximum absolute atomic E-state index is 12.9. The molecule has 27 heavy (non-hydrogen) atoms. The number of hydrogen-bond donors (Lipinski definition) is 2. The molecule has 1 fully saturated rings. The number of barbiturate groups is 1. The minimum atomic E-state index is -0.798. The molecule has 1 aliphatic heterocycles. The Morgan fingerprint density at radius 1 is 1.04 bits per heavy atom. The van der Waals surface area contributed by atoms with E-state index in [-0.39, 0.29) is 17.1 Å². The van der Waals surface area contributed by atoms with Gasteiger partial charge in [-0.05, 0) is 60.9 Å². The summed E-state index contributed by atoms with van der Waals surface area (Å²) in [6, 6.07) is 8.77. The van der Waals surface area contributed by atoms with Crippen molar-refractivity contribution in [3.8, 4) is 11.5 Å². The Balaban J connectivity index is 2.03. The molecule has 138 valence electrons. The van der Waals surface area contributed by atoms with Gasteiger partial charge >= 0.3 is 6.03 Å².